The third-order valence-electron chi connectivity index (χ3n) is 2.62. The van der Waals surface area contributed by atoms with Crippen LogP contribution in [0.3, 0.4) is 0 Å². The van der Waals surface area contributed by atoms with Crippen molar-refractivity contribution in [3.8, 4) is 5.75 Å². The smallest absolute Gasteiger partial charge is 0.124 e. The van der Waals surface area contributed by atoms with Crippen LogP contribution in [0.25, 0.3) is 0 Å². The molecule has 0 aliphatic rings. The molecular formula is C13H21NO2. The minimum absolute atomic E-state index is 0.140. The molecule has 1 rings (SSSR count). The fraction of sp³-hybridized carbons (Fsp3) is 0.538. The van der Waals surface area contributed by atoms with E-state index in [0.717, 1.165) is 29.0 Å². The molecule has 0 saturated heterocycles. The topological polar surface area (TPSA) is 44.5 Å². The van der Waals surface area contributed by atoms with Gasteiger partial charge in [0.2, 0.25) is 0 Å². The van der Waals surface area contributed by atoms with Gasteiger partial charge in [0.1, 0.15) is 5.75 Å². The van der Waals surface area contributed by atoms with Crippen molar-refractivity contribution in [2.75, 3.05) is 19.5 Å². The van der Waals surface area contributed by atoms with Crippen molar-refractivity contribution >= 4 is 5.69 Å². The Labute approximate surface area is 97.6 Å². The summed E-state index contributed by atoms with van der Waals surface area (Å²) < 4.78 is 10.8. The van der Waals surface area contributed by atoms with E-state index >= 15 is 0 Å². The Morgan fingerprint density at radius 3 is 2.56 bits per heavy atom. The molecule has 1 unspecified atom stereocenters. The number of hydrogen-bond acceptors (Lipinski definition) is 3. The highest BCUT2D eigenvalue weighted by Crippen LogP contribution is 2.25. The molecule has 0 radical (unpaired) electrons. The molecule has 0 fully saturated rings. The zero-order valence-corrected chi connectivity index (χ0v) is 10.5. The second kappa shape index (κ2) is 5.75. The number of ether oxygens (including phenoxy) is 2. The van der Waals surface area contributed by atoms with Crippen molar-refractivity contribution in [2.24, 2.45) is 0 Å². The number of hydrogen-bond donors (Lipinski definition) is 1. The highest BCUT2D eigenvalue weighted by atomic mass is 16.5. The molecule has 0 spiro atoms. The highest BCUT2D eigenvalue weighted by molar-refractivity contribution is 5.54. The third-order valence-corrected chi connectivity index (χ3v) is 2.62. The van der Waals surface area contributed by atoms with E-state index in [1.54, 1.807) is 7.11 Å². The van der Waals surface area contributed by atoms with Crippen molar-refractivity contribution in [2.45, 2.75) is 33.3 Å². The quantitative estimate of drug-likeness (QED) is 0.780. The Morgan fingerprint density at radius 1 is 1.25 bits per heavy atom. The molecule has 90 valence electrons. The lowest BCUT2D eigenvalue weighted by Gasteiger charge is -2.17. The Kier molecular flexibility index (Phi) is 4.62. The number of methoxy groups -OCH3 is 1. The predicted octanol–water partition coefficient (Wildman–Crippen LogP) is 2.69. The normalized spacial score (nSPS) is 12.5. The summed E-state index contributed by atoms with van der Waals surface area (Å²) in [5, 5.41) is 0. The van der Waals surface area contributed by atoms with Gasteiger partial charge >= 0.3 is 0 Å². The fourth-order valence-electron chi connectivity index (χ4n) is 1.53. The Hall–Kier alpha value is -1.22. The monoisotopic (exact) mass is 223 g/mol. The Morgan fingerprint density at radius 2 is 1.94 bits per heavy atom. The number of benzene rings is 1. The van der Waals surface area contributed by atoms with Crippen LogP contribution in [-0.2, 0) is 4.74 Å². The van der Waals surface area contributed by atoms with Crippen LogP contribution < -0.4 is 10.5 Å². The third kappa shape index (κ3) is 3.42. The summed E-state index contributed by atoms with van der Waals surface area (Å²) >= 11 is 0. The molecule has 3 heteroatoms. The summed E-state index contributed by atoms with van der Waals surface area (Å²) in [5.41, 5.74) is 8.85. The molecule has 1 aromatic rings. The lowest BCUT2D eigenvalue weighted by molar-refractivity contribution is 0.135. The highest BCUT2D eigenvalue weighted by Gasteiger charge is 2.08. The van der Waals surface area contributed by atoms with Gasteiger partial charge in [0, 0.05) is 31.9 Å². The molecule has 0 heterocycles. The molecule has 2 N–H and O–H groups in total. The van der Waals surface area contributed by atoms with E-state index in [9.17, 15) is 0 Å². The van der Waals surface area contributed by atoms with Crippen LogP contribution in [0.1, 0.15) is 24.5 Å². The average molecular weight is 223 g/mol. The molecule has 0 aliphatic heterocycles. The number of rotatable bonds is 5. The van der Waals surface area contributed by atoms with Gasteiger partial charge in [0.05, 0.1) is 6.10 Å². The Bertz CT molecular complexity index is 350. The minimum Gasteiger partial charge on any atom is -0.490 e. The zero-order chi connectivity index (χ0) is 12.1. The largest absolute Gasteiger partial charge is 0.490 e. The first kappa shape index (κ1) is 12.8. The standard InChI is InChI=1S/C13H21NO2/c1-9-7-10(2)13(8-12(9)14)16-11(3)5-6-15-4/h7-8,11H,5-6,14H2,1-4H3. The zero-order valence-electron chi connectivity index (χ0n) is 10.5. The van der Waals surface area contributed by atoms with Gasteiger partial charge in [0.25, 0.3) is 0 Å². The molecule has 3 nitrogen and oxygen atoms in total. The van der Waals surface area contributed by atoms with E-state index < -0.39 is 0 Å². The fourth-order valence-corrected chi connectivity index (χ4v) is 1.53. The average Bonchev–Trinajstić information content (AvgIpc) is 2.23. The van der Waals surface area contributed by atoms with Crippen LogP contribution in [0.15, 0.2) is 12.1 Å². The van der Waals surface area contributed by atoms with Gasteiger partial charge in [-0.3, -0.25) is 0 Å². The summed E-state index contributed by atoms with van der Waals surface area (Å²) in [7, 11) is 1.70. The second-order valence-electron chi connectivity index (χ2n) is 4.18. The summed E-state index contributed by atoms with van der Waals surface area (Å²) in [4.78, 5) is 0. The van der Waals surface area contributed by atoms with E-state index in [4.69, 9.17) is 15.2 Å². The lowest BCUT2D eigenvalue weighted by atomic mass is 10.1. The van der Waals surface area contributed by atoms with Gasteiger partial charge in [-0.2, -0.15) is 0 Å². The molecule has 1 atom stereocenters. The van der Waals surface area contributed by atoms with Crippen molar-refractivity contribution < 1.29 is 9.47 Å². The van der Waals surface area contributed by atoms with E-state index in [1.165, 1.54) is 0 Å². The van der Waals surface area contributed by atoms with Gasteiger partial charge in [0.15, 0.2) is 0 Å². The SMILES string of the molecule is COCCC(C)Oc1cc(N)c(C)cc1C. The van der Waals surface area contributed by atoms with Gasteiger partial charge < -0.3 is 15.2 Å². The first-order valence-corrected chi connectivity index (χ1v) is 5.57. The molecule has 0 aromatic heterocycles. The van der Waals surface area contributed by atoms with Crippen LogP contribution in [0.4, 0.5) is 5.69 Å². The van der Waals surface area contributed by atoms with Gasteiger partial charge in [-0.15, -0.1) is 0 Å². The Balaban J connectivity index is 2.69. The maximum Gasteiger partial charge on any atom is 0.124 e. The van der Waals surface area contributed by atoms with Crippen molar-refractivity contribution in [3.63, 3.8) is 0 Å². The van der Waals surface area contributed by atoms with Crippen LogP contribution in [0.2, 0.25) is 0 Å². The summed E-state index contributed by atoms with van der Waals surface area (Å²) in [5.74, 6) is 0.867. The van der Waals surface area contributed by atoms with E-state index in [2.05, 4.69) is 0 Å². The summed E-state index contributed by atoms with van der Waals surface area (Å²) in [6, 6.07) is 3.95. The predicted molar refractivity (Wildman–Crippen MR) is 66.9 cm³/mol. The first-order chi connectivity index (χ1) is 7.54. The van der Waals surface area contributed by atoms with Crippen LogP contribution in [0, 0.1) is 13.8 Å². The van der Waals surface area contributed by atoms with Crippen LogP contribution in [-0.4, -0.2) is 19.8 Å². The number of aryl methyl sites for hydroxylation is 2. The molecule has 0 saturated carbocycles. The molecule has 0 bridgehead atoms. The second-order valence-corrected chi connectivity index (χ2v) is 4.18. The maximum atomic E-state index is 5.86. The summed E-state index contributed by atoms with van der Waals surface area (Å²) in [6.45, 7) is 6.78. The van der Waals surface area contributed by atoms with Crippen LogP contribution in [0.5, 0.6) is 5.75 Å². The number of nitrogen functional groups attached to an aromatic ring is 1. The summed E-state index contributed by atoms with van der Waals surface area (Å²) in [6.07, 6.45) is 1.02. The molecule has 0 aliphatic carbocycles. The first-order valence-electron chi connectivity index (χ1n) is 5.57. The van der Waals surface area contributed by atoms with Crippen molar-refractivity contribution in [3.05, 3.63) is 23.3 Å². The molecular weight excluding hydrogens is 202 g/mol. The molecule has 16 heavy (non-hydrogen) atoms. The van der Waals surface area contributed by atoms with Gasteiger partial charge in [-0.05, 0) is 31.9 Å². The van der Waals surface area contributed by atoms with Gasteiger partial charge in [-0.25, -0.2) is 0 Å². The van der Waals surface area contributed by atoms with E-state index in [1.807, 2.05) is 32.9 Å². The van der Waals surface area contributed by atoms with Crippen molar-refractivity contribution in [1.29, 1.82) is 0 Å². The van der Waals surface area contributed by atoms with Crippen LogP contribution >= 0.6 is 0 Å². The minimum atomic E-state index is 0.140. The number of nitrogens with two attached hydrogens (primary N) is 1. The van der Waals surface area contributed by atoms with E-state index in [0.29, 0.717) is 6.61 Å². The molecule has 1 aromatic carbocycles. The lowest BCUT2D eigenvalue weighted by Crippen LogP contribution is -2.15. The van der Waals surface area contributed by atoms with Crippen molar-refractivity contribution in [1.82, 2.24) is 0 Å². The molecule has 0 amide bonds. The number of anilines is 1. The maximum absolute atomic E-state index is 5.86. The van der Waals surface area contributed by atoms with E-state index in [-0.39, 0.29) is 6.10 Å². The van der Waals surface area contributed by atoms with Gasteiger partial charge in [-0.1, -0.05) is 6.07 Å².